The van der Waals surface area contributed by atoms with Gasteiger partial charge in [0.15, 0.2) is 0 Å². The van der Waals surface area contributed by atoms with E-state index >= 15 is 0 Å². The number of hydrogen-bond acceptors (Lipinski definition) is 8. The molecule has 8 nitrogen and oxygen atoms in total. The molecule has 2 N–H and O–H groups in total. The van der Waals surface area contributed by atoms with Crippen molar-refractivity contribution in [3.8, 4) is 0 Å². The van der Waals surface area contributed by atoms with Gasteiger partial charge in [0.25, 0.3) is 0 Å². The molecule has 3 rings (SSSR count). The molecule has 0 spiro atoms. The van der Waals surface area contributed by atoms with Gasteiger partial charge < -0.3 is 24.4 Å². The molecule has 0 radical (unpaired) electrons. The Hall–Kier alpha value is -2.71. The zero-order valence-electron chi connectivity index (χ0n) is 17.2. The molecule has 8 heteroatoms. The molecule has 1 heterocycles. The number of rotatable bonds is 4. The molecular weight excluding hydrogens is 392 g/mol. The first-order chi connectivity index (χ1) is 13.9. The second-order valence-electron chi connectivity index (χ2n) is 8.22. The zero-order valence-corrected chi connectivity index (χ0v) is 17.2. The molecule has 0 aromatic carbocycles. The van der Waals surface area contributed by atoms with Gasteiger partial charge in [-0.3, -0.25) is 4.79 Å². The maximum Gasteiger partial charge on any atom is 0.334 e. The lowest BCUT2D eigenvalue weighted by Crippen LogP contribution is -2.51. The van der Waals surface area contributed by atoms with Crippen molar-refractivity contribution in [1.29, 1.82) is 0 Å². The van der Waals surface area contributed by atoms with E-state index in [9.17, 15) is 24.6 Å². The topological polar surface area (TPSA) is 119 Å². The van der Waals surface area contributed by atoms with E-state index in [1.807, 2.05) is 0 Å². The molecule has 2 aliphatic carbocycles. The minimum Gasteiger partial charge on any atom is -0.462 e. The van der Waals surface area contributed by atoms with Crippen LogP contribution >= 0.6 is 0 Å². The zero-order chi connectivity index (χ0) is 22.4. The molecule has 3 aliphatic rings. The van der Waals surface area contributed by atoms with Crippen molar-refractivity contribution in [2.45, 2.75) is 50.6 Å². The lowest BCUT2D eigenvalue weighted by molar-refractivity contribution is -0.155. The molecule has 0 bridgehead atoms. The number of fused-ring (bicyclic) bond motifs is 3. The first-order valence-corrected chi connectivity index (χ1v) is 9.62. The molecule has 1 saturated heterocycles. The lowest BCUT2D eigenvalue weighted by atomic mass is 9.73. The standard InChI is InChI=1S/C22H26O8/c1-11(6-9-28-14(4)23)19(24)29-15-10-12(2)22(27)8-7-21(5,26)18(22)17-16(15)13(3)20(25)30-17/h6-8,15-18,26-27H,2-3,9-10H2,1,4-5H3. The van der Waals surface area contributed by atoms with Crippen LogP contribution in [0.3, 0.4) is 0 Å². The third-order valence-electron chi connectivity index (χ3n) is 6.04. The highest BCUT2D eigenvalue weighted by atomic mass is 16.6. The van der Waals surface area contributed by atoms with Crippen LogP contribution in [0.4, 0.5) is 0 Å². The Labute approximate surface area is 174 Å². The van der Waals surface area contributed by atoms with E-state index in [0.717, 1.165) is 0 Å². The number of carbonyl (C=O) groups is 3. The summed E-state index contributed by atoms with van der Waals surface area (Å²) in [6, 6.07) is 0. The first-order valence-electron chi connectivity index (χ1n) is 9.62. The van der Waals surface area contributed by atoms with Crippen molar-refractivity contribution in [2.24, 2.45) is 11.8 Å². The van der Waals surface area contributed by atoms with Crippen LogP contribution in [0, 0.1) is 11.8 Å². The molecule has 1 aliphatic heterocycles. The van der Waals surface area contributed by atoms with Crippen LogP contribution in [0.15, 0.2) is 48.1 Å². The Bertz CT molecular complexity index is 880. The van der Waals surface area contributed by atoms with E-state index in [2.05, 4.69) is 13.2 Å². The van der Waals surface area contributed by atoms with Gasteiger partial charge in [-0.15, -0.1) is 0 Å². The van der Waals surface area contributed by atoms with Crippen LogP contribution in [0.25, 0.3) is 0 Å². The minimum atomic E-state index is -1.63. The summed E-state index contributed by atoms with van der Waals surface area (Å²) in [7, 11) is 0. The normalized spacial score (nSPS) is 37.9. The second kappa shape index (κ2) is 7.52. The molecule has 0 aromatic heterocycles. The van der Waals surface area contributed by atoms with Crippen molar-refractivity contribution in [3.05, 3.63) is 48.1 Å². The average molecular weight is 418 g/mol. The van der Waals surface area contributed by atoms with Gasteiger partial charge in [-0.25, -0.2) is 9.59 Å². The number of aliphatic hydroxyl groups is 2. The third-order valence-corrected chi connectivity index (χ3v) is 6.04. The van der Waals surface area contributed by atoms with Gasteiger partial charge in [0, 0.05) is 24.5 Å². The summed E-state index contributed by atoms with van der Waals surface area (Å²) in [4.78, 5) is 35.7. The maximum absolute atomic E-state index is 12.6. The van der Waals surface area contributed by atoms with Crippen LogP contribution in [0.1, 0.15) is 27.2 Å². The third kappa shape index (κ3) is 3.61. The molecule has 0 aromatic rings. The van der Waals surface area contributed by atoms with Crippen molar-refractivity contribution in [3.63, 3.8) is 0 Å². The summed E-state index contributed by atoms with van der Waals surface area (Å²) in [5, 5.41) is 22.1. The van der Waals surface area contributed by atoms with E-state index in [4.69, 9.17) is 14.2 Å². The molecule has 6 atom stereocenters. The highest BCUT2D eigenvalue weighted by molar-refractivity contribution is 5.92. The van der Waals surface area contributed by atoms with Crippen LogP contribution in [-0.2, 0) is 28.6 Å². The molecule has 0 amide bonds. The van der Waals surface area contributed by atoms with E-state index in [0.29, 0.717) is 5.57 Å². The van der Waals surface area contributed by atoms with Gasteiger partial charge in [-0.05, 0) is 31.6 Å². The van der Waals surface area contributed by atoms with Gasteiger partial charge in [0.2, 0.25) is 0 Å². The van der Waals surface area contributed by atoms with Gasteiger partial charge >= 0.3 is 17.9 Å². The monoisotopic (exact) mass is 418 g/mol. The molecule has 30 heavy (non-hydrogen) atoms. The smallest absolute Gasteiger partial charge is 0.334 e. The number of hydrogen-bond donors (Lipinski definition) is 2. The highest BCUT2D eigenvalue weighted by Crippen LogP contribution is 2.53. The molecule has 162 valence electrons. The van der Waals surface area contributed by atoms with Gasteiger partial charge in [0.1, 0.15) is 24.4 Å². The largest absolute Gasteiger partial charge is 0.462 e. The molecule has 2 fully saturated rings. The van der Waals surface area contributed by atoms with Crippen LogP contribution in [0.2, 0.25) is 0 Å². The quantitative estimate of drug-likeness (QED) is 0.302. The SMILES string of the molecule is C=C1C(=O)OC2C1C(OC(=O)C(C)=CCOC(C)=O)CC(=C)C1(O)C=CC(C)(O)C21. The van der Waals surface area contributed by atoms with Crippen LogP contribution in [0.5, 0.6) is 0 Å². The number of ether oxygens (including phenoxy) is 3. The fourth-order valence-corrected chi connectivity index (χ4v) is 4.43. The van der Waals surface area contributed by atoms with Crippen LogP contribution in [-0.4, -0.2) is 58.1 Å². The Morgan fingerprint density at radius 1 is 1.30 bits per heavy atom. The second-order valence-corrected chi connectivity index (χ2v) is 8.22. The number of carbonyl (C=O) groups excluding carboxylic acids is 3. The van der Waals surface area contributed by atoms with Crippen molar-refractivity contribution in [2.75, 3.05) is 6.61 Å². The molecular formula is C22H26O8. The first kappa shape index (κ1) is 22.0. The summed E-state index contributed by atoms with van der Waals surface area (Å²) < 4.78 is 15.9. The summed E-state index contributed by atoms with van der Waals surface area (Å²) in [5.74, 6) is -3.49. The van der Waals surface area contributed by atoms with Crippen molar-refractivity contribution >= 4 is 17.9 Å². The summed E-state index contributed by atoms with van der Waals surface area (Å²) in [6.45, 7) is 11.9. The fourth-order valence-electron chi connectivity index (χ4n) is 4.43. The van der Waals surface area contributed by atoms with Gasteiger partial charge in [-0.1, -0.05) is 19.2 Å². The maximum atomic E-state index is 12.6. The predicted octanol–water partition coefficient (Wildman–Crippen LogP) is 1.13. The molecule has 1 saturated carbocycles. The fraction of sp³-hybridized carbons (Fsp3) is 0.500. The van der Waals surface area contributed by atoms with E-state index in [1.54, 1.807) is 0 Å². The van der Waals surface area contributed by atoms with Gasteiger partial charge in [0.05, 0.1) is 17.4 Å². The van der Waals surface area contributed by atoms with Gasteiger partial charge in [-0.2, -0.15) is 0 Å². The Balaban J connectivity index is 1.91. The molecule has 6 unspecified atom stereocenters. The minimum absolute atomic E-state index is 0.0488. The average Bonchev–Trinajstić information content (AvgIpc) is 3.03. The Kier molecular flexibility index (Phi) is 5.51. The van der Waals surface area contributed by atoms with Crippen molar-refractivity contribution < 1.29 is 38.8 Å². The van der Waals surface area contributed by atoms with E-state index in [-0.39, 0.29) is 24.2 Å². The number of esters is 3. The van der Waals surface area contributed by atoms with Crippen LogP contribution < -0.4 is 0 Å². The van der Waals surface area contributed by atoms with E-state index in [1.165, 1.54) is 39.0 Å². The summed E-state index contributed by atoms with van der Waals surface area (Å²) in [6.07, 6.45) is 2.52. The lowest BCUT2D eigenvalue weighted by Gasteiger charge is -2.39. The predicted molar refractivity (Wildman–Crippen MR) is 105 cm³/mol. The van der Waals surface area contributed by atoms with Crippen molar-refractivity contribution in [1.82, 2.24) is 0 Å². The Morgan fingerprint density at radius 3 is 2.60 bits per heavy atom. The summed E-state index contributed by atoms with van der Waals surface area (Å²) >= 11 is 0. The highest BCUT2D eigenvalue weighted by Gasteiger charge is 2.64. The van der Waals surface area contributed by atoms with E-state index < -0.39 is 53.2 Å². The Morgan fingerprint density at radius 2 is 1.97 bits per heavy atom. The summed E-state index contributed by atoms with van der Waals surface area (Å²) in [5.41, 5.74) is -2.44.